The molecule has 1 aliphatic heterocycles. The quantitative estimate of drug-likeness (QED) is 0.591. The number of hydrogen-bond donors (Lipinski definition) is 0. The summed E-state index contributed by atoms with van der Waals surface area (Å²) >= 11 is 0. The summed E-state index contributed by atoms with van der Waals surface area (Å²) in [7, 11) is 0. The van der Waals surface area contributed by atoms with Crippen LogP contribution in [0.5, 0.6) is 0 Å². The second-order valence-electron chi connectivity index (χ2n) is 7.66. The standard InChI is InChI=1S/C19H24N4O4/c1-19(2,3)27-18(24)22-13-15(12-20-22)14-7-8-16(17(11-14)23(25)26)21-9-5-4-6-10-21/h7-8,11-13H,4-6,9-10H2,1-3H3. The minimum Gasteiger partial charge on any atom is -0.442 e. The number of benzene rings is 1. The summed E-state index contributed by atoms with van der Waals surface area (Å²) in [6.45, 7) is 6.99. The molecule has 0 bridgehead atoms. The third kappa shape index (κ3) is 4.45. The zero-order valence-electron chi connectivity index (χ0n) is 15.8. The Morgan fingerprint density at radius 1 is 1.19 bits per heavy atom. The summed E-state index contributed by atoms with van der Waals surface area (Å²) in [5, 5.41) is 15.6. The van der Waals surface area contributed by atoms with Crippen molar-refractivity contribution in [1.29, 1.82) is 0 Å². The lowest BCUT2D eigenvalue weighted by atomic mass is 10.1. The maximum absolute atomic E-state index is 12.1. The van der Waals surface area contributed by atoms with E-state index in [-0.39, 0.29) is 10.6 Å². The molecule has 0 atom stereocenters. The van der Waals surface area contributed by atoms with Gasteiger partial charge < -0.3 is 9.64 Å². The highest BCUT2D eigenvalue weighted by molar-refractivity contribution is 5.76. The molecular formula is C19H24N4O4. The second-order valence-corrected chi connectivity index (χ2v) is 7.66. The topological polar surface area (TPSA) is 90.5 Å². The predicted molar refractivity (Wildman–Crippen MR) is 102 cm³/mol. The first-order valence-electron chi connectivity index (χ1n) is 9.06. The first kappa shape index (κ1) is 18.9. The van der Waals surface area contributed by atoms with Gasteiger partial charge in [-0.1, -0.05) is 6.07 Å². The van der Waals surface area contributed by atoms with E-state index >= 15 is 0 Å². The van der Waals surface area contributed by atoms with Crippen LogP contribution in [-0.2, 0) is 4.74 Å². The number of piperidine rings is 1. The summed E-state index contributed by atoms with van der Waals surface area (Å²) in [5.41, 5.74) is 1.34. The lowest BCUT2D eigenvalue weighted by Gasteiger charge is -2.28. The molecule has 2 heterocycles. The summed E-state index contributed by atoms with van der Waals surface area (Å²) in [4.78, 5) is 25.4. The molecule has 0 N–H and O–H groups in total. The number of nitro benzene ring substituents is 1. The lowest BCUT2D eigenvalue weighted by Crippen LogP contribution is -2.29. The van der Waals surface area contributed by atoms with Gasteiger partial charge in [-0.2, -0.15) is 9.78 Å². The van der Waals surface area contributed by atoms with E-state index in [0.717, 1.165) is 37.0 Å². The van der Waals surface area contributed by atoms with Crippen molar-refractivity contribution in [2.75, 3.05) is 18.0 Å². The molecule has 0 saturated carbocycles. The van der Waals surface area contributed by atoms with Gasteiger partial charge >= 0.3 is 6.09 Å². The normalized spacial score (nSPS) is 14.9. The largest absolute Gasteiger partial charge is 0.442 e. The molecule has 0 amide bonds. The Labute approximate surface area is 157 Å². The van der Waals surface area contributed by atoms with Crippen LogP contribution in [0, 0.1) is 10.1 Å². The number of ether oxygens (including phenoxy) is 1. The summed E-state index contributed by atoms with van der Waals surface area (Å²) in [6, 6.07) is 5.15. The van der Waals surface area contributed by atoms with Crippen LogP contribution >= 0.6 is 0 Å². The van der Waals surface area contributed by atoms with Gasteiger partial charge in [-0.15, -0.1) is 0 Å². The van der Waals surface area contributed by atoms with Crippen molar-refractivity contribution in [3.8, 4) is 11.1 Å². The highest BCUT2D eigenvalue weighted by Crippen LogP contribution is 2.34. The fraction of sp³-hybridized carbons (Fsp3) is 0.474. The van der Waals surface area contributed by atoms with Crippen LogP contribution in [0.2, 0.25) is 0 Å². The monoisotopic (exact) mass is 372 g/mol. The van der Waals surface area contributed by atoms with E-state index in [4.69, 9.17) is 4.74 Å². The van der Waals surface area contributed by atoms with Crippen molar-refractivity contribution in [3.05, 3.63) is 40.7 Å². The van der Waals surface area contributed by atoms with E-state index in [1.165, 1.54) is 12.4 Å². The molecule has 27 heavy (non-hydrogen) atoms. The molecule has 8 heteroatoms. The van der Waals surface area contributed by atoms with Crippen LogP contribution in [0.3, 0.4) is 0 Å². The molecule has 1 saturated heterocycles. The van der Waals surface area contributed by atoms with Gasteiger partial charge in [0.05, 0.1) is 11.1 Å². The zero-order valence-corrected chi connectivity index (χ0v) is 15.8. The van der Waals surface area contributed by atoms with Gasteiger partial charge in [-0.25, -0.2) is 4.79 Å². The van der Waals surface area contributed by atoms with Crippen molar-refractivity contribution in [2.24, 2.45) is 0 Å². The Balaban J connectivity index is 1.88. The van der Waals surface area contributed by atoms with E-state index in [9.17, 15) is 14.9 Å². The molecule has 2 aromatic rings. The number of hydrogen-bond acceptors (Lipinski definition) is 6. The Hall–Kier alpha value is -2.90. The Morgan fingerprint density at radius 3 is 2.52 bits per heavy atom. The Bertz CT molecular complexity index is 848. The molecule has 0 radical (unpaired) electrons. The number of anilines is 1. The minimum absolute atomic E-state index is 0.0689. The molecule has 144 valence electrons. The number of carbonyl (C=O) groups is 1. The van der Waals surface area contributed by atoms with E-state index < -0.39 is 11.7 Å². The third-order valence-corrected chi connectivity index (χ3v) is 4.37. The number of nitrogens with zero attached hydrogens (tertiary/aromatic N) is 4. The summed E-state index contributed by atoms with van der Waals surface area (Å²) in [5.74, 6) is 0. The highest BCUT2D eigenvalue weighted by atomic mass is 16.6. The first-order valence-corrected chi connectivity index (χ1v) is 9.06. The maximum Gasteiger partial charge on any atom is 0.435 e. The molecule has 0 spiro atoms. The average Bonchev–Trinajstić information content (AvgIpc) is 3.11. The van der Waals surface area contributed by atoms with E-state index in [0.29, 0.717) is 16.8 Å². The fourth-order valence-corrected chi connectivity index (χ4v) is 3.13. The molecule has 1 aromatic heterocycles. The van der Waals surface area contributed by atoms with Gasteiger partial charge in [-0.3, -0.25) is 10.1 Å². The Morgan fingerprint density at radius 2 is 1.89 bits per heavy atom. The maximum atomic E-state index is 12.1. The molecule has 1 aromatic carbocycles. The highest BCUT2D eigenvalue weighted by Gasteiger charge is 2.23. The van der Waals surface area contributed by atoms with Crippen LogP contribution in [0.1, 0.15) is 40.0 Å². The van der Waals surface area contributed by atoms with Gasteiger partial charge in [0.25, 0.3) is 5.69 Å². The SMILES string of the molecule is CC(C)(C)OC(=O)n1cc(-c2ccc(N3CCCCC3)c([N+](=O)[O-])c2)cn1. The third-order valence-electron chi connectivity index (χ3n) is 4.37. The fourth-order valence-electron chi connectivity index (χ4n) is 3.13. The Kier molecular flexibility index (Phi) is 5.16. The number of nitro groups is 1. The van der Waals surface area contributed by atoms with Crippen molar-refractivity contribution in [3.63, 3.8) is 0 Å². The van der Waals surface area contributed by atoms with E-state index in [1.54, 1.807) is 32.9 Å². The van der Waals surface area contributed by atoms with E-state index in [2.05, 4.69) is 10.00 Å². The van der Waals surface area contributed by atoms with Crippen molar-refractivity contribution < 1.29 is 14.5 Å². The predicted octanol–water partition coefficient (Wildman–Crippen LogP) is 4.23. The van der Waals surface area contributed by atoms with Gasteiger partial charge in [0.2, 0.25) is 0 Å². The second kappa shape index (κ2) is 7.38. The number of carbonyl (C=O) groups excluding carboxylic acids is 1. The lowest BCUT2D eigenvalue weighted by molar-refractivity contribution is -0.384. The zero-order chi connectivity index (χ0) is 19.6. The molecule has 1 aliphatic rings. The minimum atomic E-state index is -0.627. The molecule has 0 aliphatic carbocycles. The summed E-state index contributed by atoms with van der Waals surface area (Å²) < 4.78 is 6.38. The molecule has 0 unspecified atom stereocenters. The number of rotatable bonds is 3. The average molecular weight is 372 g/mol. The van der Waals surface area contributed by atoms with E-state index in [1.807, 2.05) is 6.07 Å². The van der Waals surface area contributed by atoms with Crippen LogP contribution in [-0.4, -0.2) is 39.5 Å². The summed E-state index contributed by atoms with van der Waals surface area (Å²) in [6.07, 6.45) is 5.68. The molecular weight excluding hydrogens is 348 g/mol. The number of aromatic nitrogens is 2. The van der Waals surface area contributed by atoms with Gasteiger partial charge in [0, 0.05) is 30.9 Å². The molecule has 8 nitrogen and oxygen atoms in total. The van der Waals surface area contributed by atoms with Gasteiger partial charge in [0.1, 0.15) is 11.3 Å². The van der Waals surface area contributed by atoms with Crippen LogP contribution < -0.4 is 4.90 Å². The van der Waals surface area contributed by atoms with Crippen molar-refractivity contribution in [1.82, 2.24) is 9.78 Å². The van der Waals surface area contributed by atoms with Gasteiger partial charge in [-0.05, 0) is 51.7 Å². The van der Waals surface area contributed by atoms with Crippen LogP contribution in [0.4, 0.5) is 16.2 Å². The van der Waals surface area contributed by atoms with Crippen molar-refractivity contribution in [2.45, 2.75) is 45.6 Å². The van der Waals surface area contributed by atoms with Crippen molar-refractivity contribution >= 4 is 17.5 Å². The van der Waals surface area contributed by atoms with Crippen LogP contribution in [0.15, 0.2) is 30.6 Å². The molecule has 3 rings (SSSR count). The van der Waals surface area contributed by atoms with Crippen LogP contribution in [0.25, 0.3) is 11.1 Å². The van der Waals surface area contributed by atoms with Gasteiger partial charge in [0.15, 0.2) is 0 Å². The molecule has 1 fully saturated rings. The first-order chi connectivity index (χ1) is 12.7. The smallest absolute Gasteiger partial charge is 0.435 e.